The number of amides is 1. The lowest BCUT2D eigenvalue weighted by molar-refractivity contribution is -0.142. The van der Waals surface area contributed by atoms with Gasteiger partial charge >= 0.3 is 5.97 Å². The van der Waals surface area contributed by atoms with Crippen molar-refractivity contribution in [3.8, 4) is 5.75 Å². The number of hydrogen-bond acceptors (Lipinski definition) is 3. The Bertz CT molecular complexity index is 528. The Morgan fingerprint density at radius 2 is 2.00 bits per heavy atom. The Morgan fingerprint density at radius 1 is 1.35 bits per heavy atom. The Hall–Kier alpha value is -2.04. The van der Waals surface area contributed by atoms with Gasteiger partial charge in [0, 0.05) is 12.6 Å². The van der Waals surface area contributed by atoms with E-state index in [9.17, 15) is 9.59 Å². The normalized spacial score (nSPS) is 21.9. The van der Waals surface area contributed by atoms with Crippen molar-refractivity contribution in [3.05, 3.63) is 29.8 Å². The minimum Gasteiger partial charge on any atom is -0.496 e. The van der Waals surface area contributed by atoms with Crippen LogP contribution in [-0.4, -0.2) is 36.0 Å². The molecular weight excluding hydrogens is 258 g/mol. The van der Waals surface area contributed by atoms with E-state index in [1.165, 1.54) is 0 Å². The fourth-order valence-electron chi connectivity index (χ4n) is 2.41. The number of ether oxygens (including phenoxy) is 1. The van der Waals surface area contributed by atoms with Gasteiger partial charge in [-0.25, -0.2) is 0 Å². The van der Waals surface area contributed by atoms with Crippen LogP contribution < -0.4 is 4.74 Å². The topological polar surface area (TPSA) is 66.8 Å². The molecule has 1 amide bonds. The van der Waals surface area contributed by atoms with Crippen molar-refractivity contribution < 1.29 is 19.4 Å². The molecule has 0 radical (unpaired) electrons. The van der Waals surface area contributed by atoms with Crippen molar-refractivity contribution in [2.45, 2.75) is 19.4 Å². The van der Waals surface area contributed by atoms with Crippen LogP contribution in [0.25, 0.3) is 0 Å². The van der Waals surface area contributed by atoms with Crippen LogP contribution >= 0.6 is 0 Å². The monoisotopic (exact) mass is 277 g/mol. The zero-order valence-electron chi connectivity index (χ0n) is 11.9. The predicted molar refractivity (Wildman–Crippen MR) is 73.4 cm³/mol. The molecule has 1 N–H and O–H groups in total. The van der Waals surface area contributed by atoms with Gasteiger partial charge in [-0.05, 0) is 19.4 Å². The van der Waals surface area contributed by atoms with Gasteiger partial charge in [0.25, 0.3) is 0 Å². The van der Waals surface area contributed by atoms with Crippen LogP contribution in [0.1, 0.15) is 24.9 Å². The van der Waals surface area contributed by atoms with Crippen molar-refractivity contribution in [1.82, 2.24) is 4.90 Å². The van der Waals surface area contributed by atoms with E-state index in [0.717, 1.165) is 11.3 Å². The van der Waals surface area contributed by atoms with E-state index < -0.39 is 11.9 Å². The second-order valence-corrected chi connectivity index (χ2v) is 5.15. The lowest BCUT2D eigenvalue weighted by Gasteiger charge is -2.26. The van der Waals surface area contributed by atoms with Gasteiger partial charge in [-0.15, -0.1) is 0 Å². The van der Waals surface area contributed by atoms with Crippen LogP contribution in [0, 0.1) is 11.8 Å². The van der Waals surface area contributed by atoms with Crippen LogP contribution in [0.5, 0.6) is 5.75 Å². The summed E-state index contributed by atoms with van der Waals surface area (Å²) in [6.07, 6.45) is 0.442. The molecule has 20 heavy (non-hydrogen) atoms. The summed E-state index contributed by atoms with van der Waals surface area (Å²) in [5.41, 5.74) is 0.915. The first-order chi connectivity index (χ1) is 9.47. The minimum atomic E-state index is -0.887. The van der Waals surface area contributed by atoms with Crippen molar-refractivity contribution in [3.63, 3.8) is 0 Å². The molecule has 1 aliphatic rings. The molecule has 0 spiro atoms. The lowest BCUT2D eigenvalue weighted by Crippen LogP contribution is -2.32. The SMILES string of the molecule is COc1ccccc1C(C)N(C)C(=O)C1CC1C(=O)O. The van der Waals surface area contributed by atoms with E-state index in [4.69, 9.17) is 9.84 Å². The molecule has 1 aromatic carbocycles. The summed E-state index contributed by atoms with van der Waals surface area (Å²) in [5.74, 6) is -1.17. The first kappa shape index (κ1) is 14.4. The van der Waals surface area contributed by atoms with Gasteiger partial charge in [-0.3, -0.25) is 9.59 Å². The summed E-state index contributed by atoms with van der Waals surface area (Å²) < 4.78 is 5.30. The molecule has 2 rings (SSSR count). The Morgan fingerprint density at radius 3 is 2.55 bits per heavy atom. The number of aliphatic carboxylic acids is 1. The second kappa shape index (κ2) is 5.53. The third-order valence-electron chi connectivity index (χ3n) is 3.94. The number of rotatable bonds is 5. The molecule has 0 heterocycles. The molecule has 1 fully saturated rings. The smallest absolute Gasteiger partial charge is 0.307 e. The number of benzene rings is 1. The molecule has 0 bridgehead atoms. The minimum absolute atomic E-state index is 0.115. The number of carboxylic acids is 1. The van der Waals surface area contributed by atoms with Crippen molar-refractivity contribution in [1.29, 1.82) is 0 Å². The molecule has 0 aromatic heterocycles. The lowest BCUT2D eigenvalue weighted by atomic mass is 10.1. The van der Waals surface area contributed by atoms with Crippen molar-refractivity contribution >= 4 is 11.9 Å². The maximum absolute atomic E-state index is 12.3. The molecule has 3 atom stereocenters. The third-order valence-corrected chi connectivity index (χ3v) is 3.94. The predicted octanol–water partition coefficient (Wildman–Crippen LogP) is 1.94. The van der Waals surface area contributed by atoms with Crippen molar-refractivity contribution in [2.24, 2.45) is 11.8 Å². The largest absolute Gasteiger partial charge is 0.496 e. The van der Waals surface area contributed by atoms with E-state index in [1.807, 2.05) is 31.2 Å². The summed E-state index contributed by atoms with van der Waals surface area (Å²) >= 11 is 0. The number of para-hydroxylation sites is 1. The highest BCUT2D eigenvalue weighted by molar-refractivity contribution is 5.89. The fourth-order valence-corrected chi connectivity index (χ4v) is 2.41. The molecule has 0 saturated heterocycles. The first-order valence-corrected chi connectivity index (χ1v) is 6.59. The van der Waals surface area contributed by atoms with Crippen LogP contribution in [0.15, 0.2) is 24.3 Å². The average Bonchev–Trinajstić information content (AvgIpc) is 3.25. The highest BCUT2D eigenvalue weighted by atomic mass is 16.5. The summed E-state index contributed by atoms with van der Waals surface area (Å²) in [6.45, 7) is 1.91. The number of nitrogens with zero attached hydrogens (tertiary/aromatic N) is 1. The van der Waals surface area contributed by atoms with E-state index in [1.54, 1.807) is 19.1 Å². The van der Waals surface area contributed by atoms with Crippen LogP contribution in [0.2, 0.25) is 0 Å². The van der Waals surface area contributed by atoms with Gasteiger partial charge in [0.2, 0.25) is 5.91 Å². The van der Waals surface area contributed by atoms with E-state index in [0.29, 0.717) is 6.42 Å². The third kappa shape index (κ3) is 2.61. The highest BCUT2D eigenvalue weighted by Crippen LogP contribution is 2.41. The van der Waals surface area contributed by atoms with Gasteiger partial charge in [-0.2, -0.15) is 0 Å². The highest BCUT2D eigenvalue weighted by Gasteiger charge is 2.49. The van der Waals surface area contributed by atoms with Gasteiger partial charge in [-0.1, -0.05) is 18.2 Å². The molecule has 1 aliphatic carbocycles. The molecule has 5 nitrogen and oxygen atoms in total. The number of methoxy groups -OCH3 is 1. The fraction of sp³-hybridized carbons (Fsp3) is 0.467. The first-order valence-electron chi connectivity index (χ1n) is 6.59. The molecule has 0 aliphatic heterocycles. The molecule has 1 saturated carbocycles. The zero-order valence-corrected chi connectivity index (χ0v) is 11.9. The number of carbonyl (C=O) groups is 2. The maximum atomic E-state index is 12.3. The number of carbonyl (C=O) groups excluding carboxylic acids is 1. The van der Waals surface area contributed by atoms with Crippen LogP contribution in [0.3, 0.4) is 0 Å². The van der Waals surface area contributed by atoms with Gasteiger partial charge in [0.05, 0.1) is 25.0 Å². The average molecular weight is 277 g/mol. The van der Waals surface area contributed by atoms with Crippen LogP contribution in [-0.2, 0) is 9.59 Å². The Balaban J connectivity index is 2.11. The summed E-state index contributed by atoms with van der Waals surface area (Å²) in [7, 11) is 3.30. The van der Waals surface area contributed by atoms with Crippen molar-refractivity contribution in [2.75, 3.05) is 14.2 Å². The van der Waals surface area contributed by atoms with Gasteiger partial charge < -0.3 is 14.7 Å². The Labute approximate surface area is 118 Å². The standard InChI is InChI=1S/C15H19NO4/c1-9(10-6-4-5-7-13(10)20-3)16(2)14(17)11-8-12(11)15(18)19/h4-7,9,11-12H,8H2,1-3H3,(H,18,19). The van der Waals surface area contributed by atoms with Crippen LogP contribution in [0.4, 0.5) is 0 Å². The second-order valence-electron chi connectivity index (χ2n) is 5.15. The summed E-state index contributed by atoms with van der Waals surface area (Å²) in [6, 6.07) is 7.37. The number of hydrogen-bond donors (Lipinski definition) is 1. The Kier molecular flexibility index (Phi) is 3.97. The van der Waals surface area contributed by atoms with Gasteiger partial charge in [0.15, 0.2) is 0 Å². The molecule has 108 valence electrons. The molecular formula is C15H19NO4. The van der Waals surface area contributed by atoms with Gasteiger partial charge in [0.1, 0.15) is 5.75 Å². The molecule has 3 unspecified atom stereocenters. The quantitative estimate of drug-likeness (QED) is 0.893. The molecule has 5 heteroatoms. The van der Waals surface area contributed by atoms with E-state index >= 15 is 0 Å². The van der Waals surface area contributed by atoms with E-state index in [-0.39, 0.29) is 17.9 Å². The molecule has 1 aromatic rings. The summed E-state index contributed by atoms with van der Waals surface area (Å²) in [5, 5.41) is 8.90. The van der Waals surface area contributed by atoms with E-state index in [2.05, 4.69) is 0 Å². The zero-order chi connectivity index (χ0) is 14.9. The summed E-state index contributed by atoms with van der Waals surface area (Å²) in [4.78, 5) is 24.7. The number of carboxylic acid groups (broad SMARTS) is 1. The maximum Gasteiger partial charge on any atom is 0.307 e.